The Balaban J connectivity index is 1.78. The Hall–Kier alpha value is -1.78. The second-order valence-electron chi connectivity index (χ2n) is 4.45. The van der Waals surface area contributed by atoms with Gasteiger partial charge in [-0.1, -0.05) is 41.4 Å². The molecule has 0 bridgehead atoms. The van der Waals surface area contributed by atoms with Crippen LogP contribution in [0.3, 0.4) is 0 Å². The molecule has 3 nitrogen and oxygen atoms in total. The van der Waals surface area contributed by atoms with Gasteiger partial charge in [0.15, 0.2) is 0 Å². The average molecular weight is 319 g/mol. The topological polar surface area (TPSA) is 41.5 Å². The van der Waals surface area contributed by atoms with Gasteiger partial charge in [-0.2, -0.15) is 5.10 Å². The lowest BCUT2D eigenvalue weighted by molar-refractivity contribution is -0.118. The molecule has 0 fully saturated rings. The fraction of sp³-hybridized carbons (Fsp3) is 0.125. The Labute approximate surface area is 133 Å². The third-order valence-electron chi connectivity index (χ3n) is 2.63. The molecule has 0 spiro atoms. The first kappa shape index (κ1) is 15.6. The van der Waals surface area contributed by atoms with Crippen LogP contribution in [0.25, 0.3) is 0 Å². The third-order valence-corrected chi connectivity index (χ3v) is 3.89. The summed E-state index contributed by atoms with van der Waals surface area (Å²) in [6.45, 7) is 2.01. The van der Waals surface area contributed by atoms with E-state index >= 15 is 0 Å². The van der Waals surface area contributed by atoms with Crippen molar-refractivity contribution in [3.05, 3.63) is 64.7 Å². The van der Waals surface area contributed by atoms with Crippen LogP contribution < -0.4 is 5.43 Å². The van der Waals surface area contributed by atoms with Crippen LogP contribution in [0, 0.1) is 6.92 Å². The van der Waals surface area contributed by atoms with Crippen LogP contribution >= 0.6 is 23.4 Å². The molecule has 0 heterocycles. The minimum Gasteiger partial charge on any atom is -0.272 e. The lowest BCUT2D eigenvalue weighted by atomic mass is 10.2. The summed E-state index contributed by atoms with van der Waals surface area (Å²) in [4.78, 5) is 12.7. The van der Waals surface area contributed by atoms with Crippen molar-refractivity contribution < 1.29 is 4.79 Å². The van der Waals surface area contributed by atoms with Crippen LogP contribution in [-0.2, 0) is 4.79 Å². The van der Waals surface area contributed by atoms with Gasteiger partial charge in [0, 0.05) is 9.92 Å². The number of nitrogens with one attached hydrogen (secondary N) is 1. The van der Waals surface area contributed by atoms with E-state index in [1.165, 1.54) is 11.8 Å². The maximum atomic E-state index is 11.7. The van der Waals surface area contributed by atoms with E-state index in [1.807, 2.05) is 43.3 Å². The number of rotatable bonds is 5. The standard InChI is InChI=1S/C16H15ClN2OS/c1-12-3-2-4-13(9-12)10-18-19-16(20)11-21-15-7-5-14(17)6-8-15/h2-10H,11H2,1H3,(H,19,20). The molecule has 5 heteroatoms. The van der Waals surface area contributed by atoms with Crippen molar-refractivity contribution in [2.75, 3.05) is 5.75 Å². The monoisotopic (exact) mass is 318 g/mol. The molecule has 0 saturated carbocycles. The molecule has 0 atom stereocenters. The van der Waals surface area contributed by atoms with Crippen molar-refractivity contribution in [3.8, 4) is 0 Å². The van der Waals surface area contributed by atoms with Gasteiger partial charge in [-0.15, -0.1) is 11.8 Å². The predicted molar refractivity (Wildman–Crippen MR) is 89.1 cm³/mol. The minimum atomic E-state index is -0.140. The lowest BCUT2D eigenvalue weighted by Crippen LogP contribution is -2.19. The zero-order chi connectivity index (χ0) is 15.1. The van der Waals surface area contributed by atoms with E-state index < -0.39 is 0 Å². The van der Waals surface area contributed by atoms with Crippen molar-refractivity contribution in [1.29, 1.82) is 0 Å². The van der Waals surface area contributed by atoms with Crippen LogP contribution in [0.4, 0.5) is 0 Å². The normalized spacial score (nSPS) is 10.8. The highest BCUT2D eigenvalue weighted by Gasteiger charge is 2.01. The molecule has 0 aliphatic carbocycles. The summed E-state index contributed by atoms with van der Waals surface area (Å²) in [5, 5.41) is 4.64. The molecule has 1 N–H and O–H groups in total. The molecule has 0 aliphatic heterocycles. The summed E-state index contributed by atoms with van der Waals surface area (Å²) in [7, 11) is 0. The molecule has 0 aliphatic rings. The van der Waals surface area contributed by atoms with Gasteiger partial charge in [0.05, 0.1) is 12.0 Å². The highest BCUT2D eigenvalue weighted by atomic mass is 35.5. The predicted octanol–water partition coefficient (Wildman–Crippen LogP) is 3.89. The summed E-state index contributed by atoms with van der Waals surface area (Å²) in [6, 6.07) is 15.3. The molecule has 2 aromatic carbocycles. The molecular weight excluding hydrogens is 304 g/mol. The fourth-order valence-electron chi connectivity index (χ4n) is 1.64. The van der Waals surface area contributed by atoms with E-state index in [-0.39, 0.29) is 5.91 Å². The average Bonchev–Trinajstić information content (AvgIpc) is 2.47. The van der Waals surface area contributed by atoms with Gasteiger partial charge in [0.1, 0.15) is 0 Å². The molecular formula is C16H15ClN2OS. The zero-order valence-electron chi connectivity index (χ0n) is 11.5. The number of nitrogens with zero attached hydrogens (tertiary/aromatic N) is 1. The maximum absolute atomic E-state index is 11.7. The van der Waals surface area contributed by atoms with Crippen molar-refractivity contribution in [3.63, 3.8) is 0 Å². The molecule has 2 aromatic rings. The van der Waals surface area contributed by atoms with Gasteiger partial charge in [-0.05, 0) is 36.8 Å². The first-order chi connectivity index (χ1) is 10.1. The lowest BCUT2D eigenvalue weighted by Gasteiger charge is -2.01. The number of carbonyl (C=O) groups excluding carboxylic acids is 1. The fourth-order valence-corrected chi connectivity index (χ4v) is 2.46. The smallest absolute Gasteiger partial charge is 0.250 e. The Kier molecular flexibility index (Phi) is 5.84. The maximum Gasteiger partial charge on any atom is 0.250 e. The second kappa shape index (κ2) is 7.86. The molecule has 108 valence electrons. The number of hydrogen-bond acceptors (Lipinski definition) is 3. The van der Waals surface area contributed by atoms with E-state index in [0.717, 1.165) is 16.0 Å². The number of hydrazone groups is 1. The molecule has 0 radical (unpaired) electrons. The number of halogens is 1. The van der Waals surface area contributed by atoms with Gasteiger partial charge in [0.2, 0.25) is 5.91 Å². The zero-order valence-corrected chi connectivity index (χ0v) is 13.1. The summed E-state index contributed by atoms with van der Waals surface area (Å²) in [5.74, 6) is 0.172. The first-order valence-corrected chi connectivity index (χ1v) is 7.77. The highest BCUT2D eigenvalue weighted by Crippen LogP contribution is 2.19. The number of carbonyl (C=O) groups is 1. The quantitative estimate of drug-likeness (QED) is 0.516. The SMILES string of the molecule is Cc1cccc(C=NNC(=O)CSc2ccc(Cl)cc2)c1. The minimum absolute atomic E-state index is 0.140. The number of hydrogen-bond donors (Lipinski definition) is 1. The largest absolute Gasteiger partial charge is 0.272 e. The van der Waals surface area contributed by atoms with E-state index in [4.69, 9.17) is 11.6 Å². The Morgan fingerprint density at radius 3 is 2.76 bits per heavy atom. The molecule has 0 unspecified atom stereocenters. The third kappa shape index (κ3) is 5.61. The summed E-state index contributed by atoms with van der Waals surface area (Å²) < 4.78 is 0. The molecule has 1 amide bonds. The van der Waals surface area contributed by atoms with Crippen LogP contribution in [0.2, 0.25) is 5.02 Å². The van der Waals surface area contributed by atoms with Gasteiger partial charge >= 0.3 is 0 Å². The molecule has 0 saturated heterocycles. The number of benzene rings is 2. The number of thioether (sulfide) groups is 1. The van der Waals surface area contributed by atoms with E-state index in [1.54, 1.807) is 18.3 Å². The van der Waals surface area contributed by atoms with Gasteiger partial charge in [0.25, 0.3) is 0 Å². The van der Waals surface area contributed by atoms with Crippen LogP contribution in [0.5, 0.6) is 0 Å². The van der Waals surface area contributed by atoms with Crippen LogP contribution in [0.15, 0.2) is 58.5 Å². The van der Waals surface area contributed by atoms with Crippen LogP contribution in [-0.4, -0.2) is 17.9 Å². The van der Waals surface area contributed by atoms with Gasteiger partial charge < -0.3 is 0 Å². The molecule has 0 aromatic heterocycles. The van der Waals surface area contributed by atoms with Crippen molar-refractivity contribution >= 4 is 35.5 Å². The van der Waals surface area contributed by atoms with Crippen LogP contribution in [0.1, 0.15) is 11.1 Å². The van der Waals surface area contributed by atoms with Gasteiger partial charge in [-0.25, -0.2) is 5.43 Å². The van der Waals surface area contributed by atoms with E-state index in [0.29, 0.717) is 10.8 Å². The number of amides is 1. The number of aryl methyl sites for hydroxylation is 1. The molecule has 2 rings (SSSR count). The van der Waals surface area contributed by atoms with E-state index in [9.17, 15) is 4.79 Å². The van der Waals surface area contributed by atoms with Gasteiger partial charge in [-0.3, -0.25) is 4.79 Å². The van der Waals surface area contributed by atoms with Crippen molar-refractivity contribution in [2.45, 2.75) is 11.8 Å². The summed E-state index contributed by atoms with van der Waals surface area (Å²) in [6.07, 6.45) is 1.64. The first-order valence-electron chi connectivity index (χ1n) is 6.40. The summed E-state index contributed by atoms with van der Waals surface area (Å²) in [5.41, 5.74) is 4.63. The Bertz CT molecular complexity index is 641. The van der Waals surface area contributed by atoms with Crippen molar-refractivity contribution in [2.24, 2.45) is 5.10 Å². The highest BCUT2D eigenvalue weighted by molar-refractivity contribution is 8.00. The second-order valence-corrected chi connectivity index (χ2v) is 5.94. The summed E-state index contributed by atoms with van der Waals surface area (Å²) >= 11 is 7.25. The van der Waals surface area contributed by atoms with E-state index in [2.05, 4.69) is 10.5 Å². The molecule has 21 heavy (non-hydrogen) atoms. The van der Waals surface area contributed by atoms with Crippen molar-refractivity contribution in [1.82, 2.24) is 5.43 Å². The Morgan fingerprint density at radius 2 is 2.05 bits per heavy atom. The Morgan fingerprint density at radius 1 is 1.29 bits per heavy atom.